The predicted octanol–water partition coefficient (Wildman–Crippen LogP) is 1.76. The molecule has 3 aliphatic rings. The van der Waals surface area contributed by atoms with E-state index in [1.807, 2.05) is 0 Å². The van der Waals surface area contributed by atoms with Crippen molar-refractivity contribution in [3.8, 4) is 0 Å². The summed E-state index contributed by atoms with van der Waals surface area (Å²) in [6.07, 6.45) is 8.28. The lowest BCUT2D eigenvalue weighted by molar-refractivity contribution is -0.0698. The van der Waals surface area contributed by atoms with Crippen molar-refractivity contribution in [1.82, 2.24) is 4.90 Å². The summed E-state index contributed by atoms with van der Waals surface area (Å²) in [5.74, 6) is 1.36. The van der Waals surface area contributed by atoms with Gasteiger partial charge in [0, 0.05) is 31.9 Å². The highest BCUT2D eigenvalue weighted by Crippen LogP contribution is 2.52. The number of methoxy groups -OCH3 is 1. The molecule has 4 heteroatoms. The van der Waals surface area contributed by atoms with Crippen LogP contribution in [0, 0.1) is 11.8 Å². The smallest absolute Gasteiger partial charge is 0.112 e. The van der Waals surface area contributed by atoms with Crippen molar-refractivity contribution < 1.29 is 9.47 Å². The maximum Gasteiger partial charge on any atom is 0.112 e. The molecule has 1 heterocycles. The van der Waals surface area contributed by atoms with Crippen LogP contribution in [0.5, 0.6) is 0 Å². The number of nitrogens with zero attached hydrogens (tertiary/aromatic N) is 1. The van der Waals surface area contributed by atoms with E-state index in [1.54, 1.807) is 7.11 Å². The molecule has 1 saturated carbocycles. The molecule has 114 valence electrons. The van der Waals surface area contributed by atoms with Crippen molar-refractivity contribution in [3.05, 3.63) is 11.8 Å². The first kappa shape index (κ1) is 14.4. The lowest BCUT2D eigenvalue weighted by Gasteiger charge is -2.34. The predicted molar refractivity (Wildman–Crippen MR) is 79.3 cm³/mol. The second-order valence-electron chi connectivity index (χ2n) is 6.70. The van der Waals surface area contributed by atoms with E-state index in [0.29, 0.717) is 12.5 Å². The molecule has 3 unspecified atom stereocenters. The molecule has 2 N–H and O–H groups in total. The van der Waals surface area contributed by atoms with Gasteiger partial charge in [0.15, 0.2) is 0 Å². The van der Waals surface area contributed by atoms with E-state index in [4.69, 9.17) is 15.2 Å². The van der Waals surface area contributed by atoms with Gasteiger partial charge in [-0.2, -0.15) is 0 Å². The molecule has 0 bridgehead atoms. The molecule has 0 amide bonds. The maximum absolute atomic E-state index is 6.23. The Kier molecular flexibility index (Phi) is 4.34. The minimum atomic E-state index is -0.262. The van der Waals surface area contributed by atoms with Crippen LogP contribution < -0.4 is 5.73 Å². The van der Waals surface area contributed by atoms with Crippen LogP contribution in [0.4, 0.5) is 0 Å². The average molecular weight is 280 g/mol. The second-order valence-corrected chi connectivity index (χ2v) is 6.70. The molecule has 0 aromatic heterocycles. The Balaban J connectivity index is 1.48. The lowest BCUT2D eigenvalue weighted by atomic mass is 9.89. The molecule has 1 saturated heterocycles. The van der Waals surface area contributed by atoms with Gasteiger partial charge in [-0.05, 0) is 57.2 Å². The third kappa shape index (κ3) is 3.18. The van der Waals surface area contributed by atoms with Gasteiger partial charge in [0.05, 0.1) is 6.61 Å². The molecule has 4 nitrogen and oxygen atoms in total. The Morgan fingerprint density at radius 3 is 2.90 bits per heavy atom. The van der Waals surface area contributed by atoms with Crippen LogP contribution in [-0.2, 0) is 9.47 Å². The number of hydrogen-bond acceptors (Lipinski definition) is 4. The van der Waals surface area contributed by atoms with E-state index in [0.717, 1.165) is 37.6 Å². The van der Waals surface area contributed by atoms with E-state index < -0.39 is 0 Å². The van der Waals surface area contributed by atoms with E-state index in [9.17, 15) is 0 Å². The topological polar surface area (TPSA) is 47.7 Å². The van der Waals surface area contributed by atoms with Crippen molar-refractivity contribution in [2.45, 2.75) is 37.7 Å². The fraction of sp³-hybridized carbons (Fsp3) is 0.875. The number of fused-ring (bicyclic) bond motifs is 1. The highest BCUT2D eigenvalue weighted by Gasteiger charge is 2.49. The molecule has 3 rings (SSSR count). The Morgan fingerprint density at radius 2 is 2.20 bits per heavy atom. The fourth-order valence-electron chi connectivity index (χ4n) is 3.85. The fourth-order valence-corrected chi connectivity index (χ4v) is 3.85. The Morgan fingerprint density at radius 1 is 1.40 bits per heavy atom. The molecular weight excluding hydrogens is 252 g/mol. The van der Waals surface area contributed by atoms with Crippen LogP contribution in [0.3, 0.4) is 0 Å². The molecule has 1 aliphatic heterocycles. The number of allylic oxidation sites excluding steroid dienone is 1. The van der Waals surface area contributed by atoms with Crippen LogP contribution in [0.1, 0.15) is 32.1 Å². The molecule has 2 fully saturated rings. The van der Waals surface area contributed by atoms with Crippen molar-refractivity contribution in [1.29, 1.82) is 0 Å². The quantitative estimate of drug-likeness (QED) is 0.722. The van der Waals surface area contributed by atoms with Gasteiger partial charge in [-0.3, -0.25) is 0 Å². The van der Waals surface area contributed by atoms with Gasteiger partial charge in [0.2, 0.25) is 0 Å². The first-order chi connectivity index (χ1) is 9.72. The maximum atomic E-state index is 6.23. The van der Waals surface area contributed by atoms with Gasteiger partial charge < -0.3 is 20.1 Å². The normalized spacial score (nSPS) is 36.8. The molecule has 0 spiro atoms. The minimum absolute atomic E-state index is 0.262. The SMILES string of the molecule is COCC1(OCCCN2CCCC2)C=C(N)C2CC2C1. The highest BCUT2D eigenvalue weighted by atomic mass is 16.5. The van der Waals surface area contributed by atoms with Gasteiger partial charge in [-0.15, -0.1) is 0 Å². The molecule has 20 heavy (non-hydrogen) atoms. The van der Waals surface area contributed by atoms with Gasteiger partial charge in [0.25, 0.3) is 0 Å². The van der Waals surface area contributed by atoms with Crippen LogP contribution in [0.15, 0.2) is 11.8 Å². The van der Waals surface area contributed by atoms with Crippen molar-refractivity contribution in [3.63, 3.8) is 0 Å². The van der Waals surface area contributed by atoms with Gasteiger partial charge in [-0.25, -0.2) is 0 Å². The van der Waals surface area contributed by atoms with Crippen LogP contribution in [0.25, 0.3) is 0 Å². The van der Waals surface area contributed by atoms with E-state index >= 15 is 0 Å². The van der Waals surface area contributed by atoms with Crippen molar-refractivity contribution >= 4 is 0 Å². The first-order valence-corrected chi connectivity index (χ1v) is 8.06. The number of nitrogens with two attached hydrogens (primary N) is 1. The molecule has 2 aliphatic carbocycles. The van der Waals surface area contributed by atoms with Gasteiger partial charge in [-0.1, -0.05) is 0 Å². The van der Waals surface area contributed by atoms with E-state index in [1.165, 1.54) is 32.4 Å². The van der Waals surface area contributed by atoms with Crippen LogP contribution >= 0.6 is 0 Å². The number of ether oxygens (including phenoxy) is 2. The van der Waals surface area contributed by atoms with Gasteiger partial charge in [0.1, 0.15) is 5.60 Å². The first-order valence-electron chi connectivity index (χ1n) is 8.06. The number of rotatable bonds is 7. The van der Waals surface area contributed by atoms with Gasteiger partial charge >= 0.3 is 0 Å². The molecule has 0 aromatic carbocycles. The summed E-state index contributed by atoms with van der Waals surface area (Å²) >= 11 is 0. The Labute approximate surface area is 122 Å². The van der Waals surface area contributed by atoms with Crippen LogP contribution in [0.2, 0.25) is 0 Å². The zero-order chi connectivity index (χ0) is 14.0. The molecule has 0 aromatic rings. The van der Waals surface area contributed by atoms with Crippen LogP contribution in [-0.4, -0.2) is 50.5 Å². The highest BCUT2D eigenvalue weighted by molar-refractivity contribution is 5.24. The summed E-state index contributed by atoms with van der Waals surface area (Å²) in [7, 11) is 1.75. The molecule has 0 radical (unpaired) electrons. The number of likely N-dealkylation sites (tertiary alicyclic amines) is 1. The van der Waals surface area contributed by atoms with Crippen molar-refractivity contribution in [2.75, 3.05) is 40.0 Å². The van der Waals surface area contributed by atoms with E-state index in [-0.39, 0.29) is 5.60 Å². The zero-order valence-electron chi connectivity index (χ0n) is 12.6. The third-order valence-electron chi connectivity index (χ3n) is 4.98. The molecular formula is C16H28N2O2. The molecule has 3 atom stereocenters. The summed E-state index contributed by atoms with van der Waals surface area (Å²) in [5, 5.41) is 0. The largest absolute Gasteiger partial charge is 0.402 e. The summed E-state index contributed by atoms with van der Waals surface area (Å²) in [6, 6.07) is 0. The summed E-state index contributed by atoms with van der Waals surface area (Å²) in [6.45, 7) is 5.12. The standard InChI is InChI=1S/C16H28N2O2/c1-19-12-16(10-13-9-14(13)15(17)11-16)20-8-4-7-18-5-2-3-6-18/h11,13-14H,2-10,12,17H2,1H3. The average Bonchev–Trinajstić information content (AvgIpc) is 3.00. The summed E-state index contributed by atoms with van der Waals surface area (Å²) in [5.41, 5.74) is 6.91. The number of hydrogen-bond donors (Lipinski definition) is 1. The van der Waals surface area contributed by atoms with E-state index in [2.05, 4.69) is 11.0 Å². The Bertz CT molecular complexity index is 365. The zero-order valence-corrected chi connectivity index (χ0v) is 12.6. The summed E-state index contributed by atoms with van der Waals surface area (Å²) < 4.78 is 11.6. The lowest BCUT2D eigenvalue weighted by Crippen LogP contribution is -2.40. The summed E-state index contributed by atoms with van der Waals surface area (Å²) in [4.78, 5) is 2.54. The van der Waals surface area contributed by atoms with Crippen molar-refractivity contribution in [2.24, 2.45) is 17.6 Å². The third-order valence-corrected chi connectivity index (χ3v) is 4.98. The second kappa shape index (κ2) is 6.04. The monoisotopic (exact) mass is 280 g/mol. The minimum Gasteiger partial charge on any atom is -0.402 e. The Hall–Kier alpha value is -0.580.